The fourth-order valence-electron chi connectivity index (χ4n) is 5.77. The molecule has 0 aliphatic heterocycles. The maximum absolute atomic E-state index is 12.6. The van der Waals surface area contributed by atoms with Gasteiger partial charge in [-0.05, 0) is 50.9 Å². The molecular weight excluding hydrogens is 759 g/mol. The summed E-state index contributed by atoms with van der Waals surface area (Å²) in [5.41, 5.74) is 0. The van der Waals surface area contributed by atoms with Crippen LogP contribution < -0.4 is 0 Å². The Bertz CT molecular complexity index is 1180. The maximum atomic E-state index is 12.6. The smallest absolute Gasteiger partial charge is 0.462 e. The summed E-state index contributed by atoms with van der Waals surface area (Å²) >= 11 is 0. The lowest BCUT2D eigenvalue weighted by Gasteiger charge is -2.20. The van der Waals surface area contributed by atoms with Crippen molar-refractivity contribution < 1.29 is 52.9 Å². The number of carbonyl (C=O) groups is 2. The normalized spacial score (nSPS) is 15.0. The summed E-state index contributed by atoms with van der Waals surface area (Å²) in [5.74, 6) is -0.215. The number of aliphatic hydroxyl groups excluding tert-OH is 3. The number of ether oxygens (including phenoxy) is 2. The van der Waals surface area contributed by atoms with Crippen LogP contribution >= 0.6 is 7.82 Å². The zero-order chi connectivity index (χ0) is 43.0. The molecule has 0 bridgehead atoms. The highest BCUT2D eigenvalue weighted by atomic mass is 31.2. The van der Waals surface area contributed by atoms with E-state index in [0.29, 0.717) is 32.1 Å². The van der Waals surface area contributed by atoms with Gasteiger partial charge in [-0.3, -0.25) is 18.6 Å². The minimum atomic E-state index is -4.65. The fourth-order valence-corrected chi connectivity index (χ4v) is 6.56. The highest BCUT2D eigenvalue weighted by molar-refractivity contribution is 7.47. The molecule has 0 rings (SSSR count). The lowest BCUT2D eigenvalue weighted by atomic mass is 10.0. The van der Waals surface area contributed by atoms with Gasteiger partial charge in [-0.25, -0.2) is 4.57 Å². The first-order valence-electron chi connectivity index (χ1n) is 22.2. The number of allylic oxidation sites excluding steroid dienone is 8. The molecule has 0 amide bonds. The Morgan fingerprint density at radius 1 is 0.638 bits per heavy atom. The van der Waals surface area contributed by atoms with Crippen molar-refractivity contribution in [2.24, 2.45) is 5.92 Å². The Morgan fingerprint density at radius 3 is 1.81 bits per heavy atom. The van der Waals surface area contributed by atoms with Gasteiger partial charge in [0, 0.05) is 12.8 Å². The van der Waals surface area contributed by atoms with E-state index in [0.717, 1.165) is 38.0 Å². The first kappa shape index (κ1) is 55.6. The third-order valence-electron chi connectivity index (χ3n) is 9.19. The number of rotatable bonds is 40. The first-order valence-corrected chi connectivity index (χ1v) is 23.7. The minimum Gasteiger partial charge on any atom is -0.462 e. The number of carbonyl (C=O) groups excluding carboxylic acids is 2. The van der Waals surface area contributed by atoms with E-state index in [2.05, 4.69) is 37.4 Å². The van der Waals surface area contributed by atoms with Gasteiger partial charge in [0.25, 0.3) is 0 Å². The van der Waals surface area contributed by atoms with Crippen LogP contribution in [0.1, 0.15) is 168 Å². The van der Waals surface area contributed by atoms with E-state index >= 15 is 0 Å². The van der Waals surface area contributed by atoms with Crippen molar-refractivity contribution in [3.8, 4) is 0 Å². The van der Waals surface area contributed by atoms with E-state index in [9.17, 15) is 29.3 Å². The molecule has 0 aliphatic rings. The maximum Gasteiger partial charge on any atom is 0.472 e. The third-order valence-corrected chi connectivity index (χ3v) is 10.1. The van der Waals surface area contributed by atoms with Gasteiger partial charge in [-0.15, -0.1) is 0 Å². The molecule has 0 radical (unpaired) electrons. The van der Waals surface area contributed by atoms with Crippen LogP contribution in [-0.4, -0.2) is 76.9 Å². The third kappa shape index (κ3) is 40.4. The van der Waals surface area contributed by atoms with Crippen LogP contribution in [0.5, 0.6) is 0 Å². The predicted molar refractivity (Wildman–Crippen MR) is 234 cm³/mol. The van der Waals surface area contributed by atoms with Crippen molar-refractivity contribution >= 4 is 19.8 Å². The molecule has 0 spiro atoms. The van der Waals surface area contributed by atoms with Crippen LogP contribution in [-0.2, 0) is 32.7 Å². The number of hydrogen-bond acceptors (Lipinski definition) is 10. The molecule has 58 heavy (non-hydrogen) atoms. The van der Waals surface area contributed by atoms with E-state index < -0.39 is 57.9 Å². The fraction of sp³-hybridized carbons (Fsp3) is 0.739. The molecule has 0 aromatic carbocycles. The molecule has 336 valence electrons. The van der Waals surface area contributed by atoms with Gasteiger partial charge >= 0.3 is 19.8 Å². The average molecular weight is 841 g/mol. The van der Waals surface area contributed by atoms with Gasteiger partial charge < -0.3 is 29.7 Å². The van der Waals surface area contributed by atoms with Crippen molar-refractivity contribution in [2.45, 2.75) is 187 Å². The summed E-state index contributed by atoms with van der Waals surface area (Å²) in [6.07, 6.45) is 39.4. The zero-order valence-corrected chi connectivity index (χ0v) is 37.2. The van der Waals surface area contributed by atoms with Gasteiger partial charge in [0.2, 0.25) is 0 Å². The molecule has 0 saturated carbocycles. The van der Waals surface area contributed by atoms with E-state index in [4.69, 9.17) is 19.1 Å². The molecule has 12 heteroatoms. The van der Waals surface area contributed by atoms with Crippen LogP contribution in [0.2, 0.25) is 0 Å². The van der Waals surface area contributed by atoms with Crippen LogP contribution in [0.25, 0.3) is 0 Å². The van der Waals surface area contributed by atoms with Gasteiger partial charge in [-0.2, -0.15) is 0 Å². The molecule has 2 unspecified atom stereocenters. The van der Waals surface area contributed by atoms with Gasteiger partial charge in [0.15, 0.2) is 6.10 Å². The molecule has 0 heterocycles. The lowest BCUT2D eigenvalue weighted by molar-refractivity contribution is -0.161. The standard InChI is InChI=1S/C46H81O11P/c1-4-5-6-7-23-28-33-42(48)34-29-24-19-16-17-21-26-31-36-46(51)57-44(40-56-58(52,53)55-38-43(49)37-47)39-54-45(50)35-30-25-20-15-13-11-9-8-10-12-14-18-22-27-32-41(2)3/h5-6,17,19,21,23-24,28-29,34,41-44,47-49H,4,7-16,18,20,22,25-27,30-33,35-40H2,1-3H3,(H,52,53)/b6-5-,21-17-,24-19-,28-23-,34-29+/t42?,43-,44+/m0/s1. The largest absolute Gasteiger partial charge is 0.472 e. The Balaban J connectivity index is 4.43. The summed E-state index contributed by atoms with van der Waals surface area (Å²) in [6.45, 7) is 4.44. The van der Waals surface area contributed by atoms with Crippen LogP contribution in [0.3, 0.4) is 0 Å². The van der Waals surface area contributed by atoms with Crippen LogP contribution in [0.15, 0.2) is 60.8 Å². The highest BCUT2D eigenvalue weighted by Gasteiger charge is 2.27. The SMILES string of the molecule is CC/C=C\C/C=C\CC(O)/C=C/C=C\C/C=C\CCCC(=O)O[C@H](COC(=O)CCCCCCCCCCCCCCCCC(C)C)COP(=O)(O)OC[C@@H](O)CO. The molecule has 0 aromatic rings. The van der Waals surface area contributed by atoms with Crippen LogP contribution in [0, 0.1) is 5.92 Å². The van der Waals surface area contributed by atoms with Gasteiger partial charge in [0.1, 0.15) is 12.7 Å². The summed E-state index contributed by atoms with van der Waals surface area (Å²) in [6, 6.07) is 0. The average Bonchev–Trinajstić information content (AvgIpc) is 3.19. The lowest BCUT2D eigenvalue weighted by Crippen LogP contribution is -2.29. The number of aliphatic hydroxyl groups is 3. The molecule has 0 aliphatic carbocycles. The first-order chi connectivity index (χ1) is 28.0. The van der Waals surface area contributed by atoms with Gasteiger partial charge in [-0.1, -0.05) is 171 Å². The molecular formula is C46H81O11P. The van der Waals surface area contributed by atoms with E-state index in [1.807, 2.05) is 42.5 Å². The number of unbranched alkanes of at least 4 members (excludes halogenated alkanes) is 14. The van der Waals surface area contributed by atoms with Crippen molar-refractivity contribution in [1.29, 1.82) is 0 Å². The number of esters is 2. The van der Waals surface area contributed by atoms with Gasteiger partial charge in [0.05, 0.1) is 25.9 Å². The number of hydrogen-bond donors (Lipinski definition) is 4. The number of phosphoric ester groups is 1. The van der Waals surface area contributed by atoms with E-state index in [1.54, 1.807) is 6.08 Å². The van der Waals surface area contributed by atoms with E-state index in [-0.39, 0.29) is 19.4 Å². The van der Waals surface area contributed by atoms with Crippen LogP contribution in [0.4, 0.5) is 0 Å². The zero-order valence-electron chi connectivity index (χ0n) is 36.3. The topological polar surface area (TPSA) is 169 Å². The second-order valence-electron chi connectivity index (χ2n) is 15.4. The summed E-state index contributed by atoms with van der Waals surface area (Å²) in [7, 11) is -4.65. The molecule has 0 fully saturated rings. The molecule has 4 atom stereocenters. The Morgan fingerprint density at radius 2 is 1.19 bits per heavy atom. The Kier molecular flexibility index (Phi) is 38.4. The molecule has 11 nitrogen and oxygen atoms in total. The Labute approximate surface area is 351 Å². The second kappa shape index (κ2) is 40.1. The molecule has 0 saturated heterocycles. The summed E-state index contributed by atoms with van der Waals surface area (Å²) in [4.78, 5) is 35.0. The monoisotopic (exact) mass is 841 g/mol. The highest BCUT2D eigenvalue weighted by Crippen LogP contribution is 2.43. The summed E-state index contributed by atoms with van der Waals surface area (Å²) < 4.78 is 32.6. The number of phosphoric acid groups is 1. The van der Waals surface area contributed by atoms with Crippen molar-refractivity contribution in [3.05, 3.63) is 60.8 Å². The predicted octanol–water partition coefficient (Wildman–Crippen LogP) is 10.7. The second-order valence-corrected chi connectivity index (χ2v) is 16.8. The quantitative estimate of drug-likeness (QED) is 0.0152. The minimum absolute atomic E-state index is 0.0727. The van der Waals surface area contributed by atoms with Crippen molar-refractivity contribution in [2.75, 3.05) is 26.4 Å². The van der Waals surface area contributed by atoms with Crippen molar-refractivity contribution in [1.82, 2.24) is 0 Å². The van der Waals surface area contributed by atoms with Crippen molar-refractivity contribution in [3.63, 3.8) is 0 Å². The molecule has 0 aromatic heterocycles. The molecule has 4 N–H and O–H groups in total. The Hall–Kier alpha value is -2.37. The summed E-state index contributed by atoms with van der Waals surface area (Å²) in [5, 5.41) is 28.4. The van der Waals surface area contributed by atoms with E-state index in [1.165, 1.54) is 70.6 Å².